The summed E-state index contributed by atoms with van der Waals surface area (Å²) in [4.78, 5) is 14.3. The molecular formula is C24H30N2O5S. The van der Waals surface area contributed by atoms with E-state index < -0.39 is 21.8 Å². The Labute approximate surface area is 189 Å². The topological polar surface area (TPSA) is 95.9 Å². The third-order valence-electron chi connectivity index (χ3n) is 6.81. The van der Waals surface area contributed by atoms with Gasteiger partial charge in [0.25, 0.3) is 0 Å². The third kappa shape index (κ3) is 4.67. The molecule has 0 aliphatic carbocycles. The minimum absolute atomic E-state index is 0.0510. The van der Waals surface area contributed by atoms with Gasteiger partial charge in [0.15, 0.2) is 9.84 Å². The van der Waals surface area contributed by atoms with Crippen molar-refractivity contribution in [3.8, 4) is 5.75 Å². The number of nitrogens with zero attached hydrogens (tertiary/aromatic N) is 1. The molecule has 3 aliphatic rings. The molecule has 3 aliphatic heterocycles. The molecule has 0 spiro atoms. The van der Waals surface area contributed by atoms with Crippen LogP contribution in [0, 0.1) is 5.92 Å². The van der Waals surface area contributed by atoms with Gasteiger partial charge in [0.2, 0.25) is 0 Å². The molecule has 3 heterocycles. The summed E-state index contributed by atoms with van der Waals surface area (Å²) in [6.07, 6.45) is 3.53. The summed E-state index contributed by atoms with van der Waals surface area (Å²) in [5.41, 5.74) is 1.96. The van der Waals surface area contributed by atoms with Gasteiger partial charge in [-0.2, -0.15) is 0 Å². The van der Waals surface area contributed by atoms with Crippen LogP contribution in [0.4, 0.5) is 0 Å². The van der Waals surface area contributed by atoms with Gasteiger partial charge in [-0.1, -0.05) is 30.3 Å². The average molecular weight is 459 g/mol. The Morgan fingerprint density at radius 2 is 1.97 bits per heavy atom. The van der Waals surface area contributed by atoms with Gasteiger partial charge >= 0.3 is 5.97 Å². The number of piperidine rings is 3. The van der Waals surface area contributed by atoms with Crippen molar-refractivity contribution < 1.29 is 23.1 Å². The SMILES string of the molecule is COc1ccc(S(C)(=O)=O)cc1CN[C@H]1[C@H]2CCN(C(C(=O)O)C2)[C@H]1Cc1ccccc1. The standard InChI is InChI=1S/C24H30N2O5S/c1-31-22-9-8-19(32(2,29)30)13-18(22)15-25-23-17-10-11-26(21(14-17)24(27)28)20(23)12-16-6-4-3-5-7-16/h3-9,13,17,20-21,23,25H,10-12,14-15H2,1-2H3,(H,27,28)/t17-,20-,21?,23-/m0/s1. The number of hydrogen-bond acceptors (Lipinski definition) is 6. The van der Waals surface area contributed by atoms with Crippen LogP contribution < -0.4 is 10.1 Å². The fourth-order valence-electron chi connectivity index (χ4n) is 5.25. The Hall–Kier alpha value is -2.42. The van der Waals surface area contributed by atoms with Gasteiger partial charge in [-0.3, -0.25) is 9.69 Å². The number of benzene rings is 2. The number of carboxylic acid groups (broad SMARTS) is 1. The predicted molar refractivity (Wildman–Crippen MR) is 122 cm³/mol. The zero-order valence-corrected chi connectivity index (χ0v) is 19.2. The molecule has 8 heteroatoms. The second kappa shape index (κ2) is 9.21. The normalized spacial score (nSPS) is 27.2. The Balaban J connectivity index is 1.59. The van der Waals surface area contributed by atoms with Crippen molar-refractivity contribution in [2.45, 2.75) is 48.8 Å². The molecule has 32 heavy (non-hydrogen) atoms. The number of carboxylic acids is 1. The van der Waals surface area contributed by atoms with Crippen LogP contribution in [-0.2, 0) is 27.6 Å². The monoisotopic (exact) mass is 458 g/mol. The molecule has 2 N–H and O–H groups in total. The third-order valence-corrected chi connectivity index (χ3v) is 7.92. The Morgan fingerprint density at radius 3 is 2.62 bits per heavy atom. The van der Waals surface area contributed by atoms with Gasteiger partial charge in [0, 0.05) is 30.4 Å². The highest BCUT2D eigenvalue weighted by atomic mass is 32.2. The lowest BCUT2D eigenvalue weighted by Gasteiger charge is -2.54. The molecule has 2 aromatic rings. The number of carbonyl (C=O) groups is 1. The van der Waals surface area contributed by atoms with Crippen LogP contribution in [-0.4, -0.2) is 62.4 Å². The van der Waals surface area contributed by atoms with Crippen LogP contribution in [0.5, 0.6) is 5.75 Å². The molecule has 5 rings (SSSR count). The maximum Gasteiger partial charge on any atom is 0.320 e. The van der Waals surface area contributed by atoms with Crippen molar-refractivity contribution in [2.75, 3.05) is 19.9 Å². The second-order valence-electron chi connectivity index (χ2n) is 8.79. The van der Waals surface area contributed by atoms with Crippen molar-refractivity contribution in [3.63, 3.8) is 0 Å². The molecule has 7 nitrogen and oxygen atoms in total. The summed E-state index contributed by atoms with van der Waals surface area (Å²) in [6.45, 7) is 1.23. The van der Waals surface area contributed by atoms with Crippen LogP contribution in [0.15, 0.2) is 53.4 Å². The van der Waals surface area contributed by atoms with E-state index in [9.17, 15) is 18.3 Å². The van der Waals surface area contributed by atoms with Crippen molar-refractivity contribution in [3.05, 3.63) is 59.7 Å². The van der Waals surface area contributed by atoms with E-state index in [1.165, 1.54) is 11.8 Å². The molecule has 3 fully saturated rings. The number of methoxy groups -OCH3 is 1. The fourth-order valence-corrected chi connectivity index (χ4v) is 5.92. The van der Waals surface area contributed by atoms with E-state index in [0.717, 1.165) is 24.9 Å². The van der Waals surface area contributed by atoms with E-state index >= 15 is 0 Å². The number of fused-ring (bicyclic) bond motifs is 3. The highest BCUT2D eigenvalue weighted by molar-refractivity contribution is 7.90. The number of hydrogen-bond donors (Lipinski definition) is 2. The molecule has 0 saturated carbocycles. The van der Waals surface area contributed by atoms with Crippen molar-refractivity contribution in [1.82, 2.24) is 10.2 Å². The molecule has 5 atom stereocenters. The van der Waals surface area contributed by atoms with E-state index in [4.69, 9.17) is 4.74 Å². The number of ether oxygens (including phenoxy) is 1. The summed E-state index contributed by atoms with van der Waals surface area (Å²) in [5, 5.41) is 13.4. The van der Waals surface area contributed by atoms with Gasteiger partial charge in [0.05, 0.1) is 12.0 Å². The number of nitrogens with one attached hydrogen (secondary N) is 1. The van der Waals surface area contributed by atoms with Crippen LogP contribution >= 0.6 is 0 Å². The molecule has 172 valence electrons. The first-order valence-electron chi connectivity index (χ1n) is 10.9. The van der Waals surface area contributed by atoms with Gasteiger partial charge < -0.3 is 15.2 Å². The first kappa shape index (κ1) is 22.8. The quantitative estimate of drug-likeness (QED) is 0.627. The number of rotatable bonds is 8. The maximum atomic E-state index is 12.0. The van der Waals surface area contributed by atoms with E-state index in [0.29, 0.717) is 18.7 Å². The molecule has 3 saturated heterocycles. The number of sulfone groups is 1. The lowest BCUT2D eigenvalue weighted by Crippen LogP contribution is -2.68. The van der Waals surface area contributed by atoms with Gasteiger partial charge in [-0.15, -0.1) is 0 Å². The Bertz CT molecular complexity index is 1070. The van der Waals surface area contributed by atoms with Crippen LogP contribution in [0.2, 0.25) is 0 Å². The zero-order valence-electron chi connectivity index (χ0n) is 18.4. The largest absolute Gasteiger partial charge is 0.496 e. The number of aliphatic carboxylic acids is 1. The van der Waals surface area contributed by atoms with Crippen molar-refractivity contribution >= 4 is 15.8 Å². The molecule has 2 aromatic carbocycles. The fraction of sp³-hybridized carbons (Fsp3) is 0.458. The summed E-state index contributed by atoms with van der Waals surface area (Å²) >= 11 is 0. The molecule has 0 amide bonds. The predicted octanol–water partition coefficient (Wildman–Crippen LogP) is 2.35. The van der Waals surface area contributed by atoms with E-state index in [2.05, 4.69) is 22.3 Å². The summed E-state index contributed by atoms with van der Waals surface area (Å²) in [5.74, 6) is 0.127. The minimum atomic E-state index is -3.33. The van der Waals surface area contributed by atoms with Crippen LogP contribution in [0.25, 0.3) is 0 Å². The first-order valence-corrected chi connectivity index (χ1v) is 12.8. The molecule has 0 radical (unpaired) electrons. The lowest BCUT2D eigenvalue weighted by atomic mass is 9.73. The molecule has 2 bridgehead atoms. The highest BCUT2D eigenvalue weighted by Gasteiger charge is 2.49. The molecule has 0 aromatic heterocycles. The molecular weight excluding hydrogens is 428 g/mol. The summed E-state index contributed by atoms with van der Waals surface area (Å²) in [6, 6.07) is 14.7. The smallest absolute Gasteiger partial charge is 0.320 e. The van der Waals surface area contributed by atoms with Crippen LogP contribution in [0.1, 0.15) is 24.0 Å². The lowest BCUT2D eigenvalue weighted by molar-refractivity contribution is -0.152. The summed E-state index contributed by atoms with van der Waals surface area (Å²) in [7, 11) is -1.75. The maximum absolute atomic E-state index is 12.0. The first-order chi connectivity index (χ1) is 15.3. The minimum Gasteiger partial charge on any atom is -0.496 e. The van der Waals surface area contributed by atoms with E-state index in [1.807, 2.05) is 18.2 Å². The van der Waals surface area contributed by atoms with Gasteiger partial charge in [-0.05, 0) is 55.5 Å². The van der Waals surface area contributed by atoms with Crippen molar-refractivity contribution in [1.29, 1.82) is 0 Å². The highest BCUT2D eigenvalue weighted by Crippen LogP contribution is 2.38. The van der Waals surface area contributed by atoms with Crippen molar-refractivity contribution in [2.24, 2.45) is 5.92 Å². The zero-order chi connectivity index (χ0) is 22.9. The van der Waals surface area contributed by atoms with Gasteiger partial charge in [0.1, 0.15) is 11.8 Å². The second-order valence-corrected chi connectivity index (χ2v) is 10.8. The van der Waals surface area contributed by atoms with Gasteiger partial charge in [-0.25, -0.2) is 8.42 Å². The van der Waals surface area contributed by atoms with E-state index in [1.54, 1.807) is 25.3 Å². The Kier molecular flexibility index (Phi) is 6.55. The Morgan fingerprint density at radius 1 is 1.22 bits per heavy atom. The van der Waals surface area contributed by atoms with Crippen LogP contribution in [0.3, 0.4) is 0 Å². The molecule has 2 unspecified atom stereocenters. The summed E-state index contributed by atoms with van der Waals surface area (Å²) < 4.78 is 29.5. The van der Waals surface area contributed by atoms with E-state index in [-0.39, 0.29) is 22.9 Å². The average Bonchev–Trinajstić information content (AvgIpc) is 2.78.